The highest BCUT2D eigenvalue weighted by molar-refractivity contribution is 7.92. The van der Waals surface area contributed by atoms with Crippen LogP contribution in [0.25, 0.3) is 17.2 Å². The van der Waals surface area contributed by atoms with Crippen molar-refractivity contribution in [1.29, 1.82) is 0 Å². The molecule has 9 heteroatoms. The monoisotopic (exact) mass is 483 g/mol. The van der Waals surface area contributed by atoms with E-state index in [0.29, 0.717) is 18.6 Å². The smallest absolute Gasteiger partial charge is 0.293 e. The minimum Gasteiger partial charge on any atom is -0.464 e. The predicted octanol–water partition coefficient (Wildman–Crippen LogP) is 2.92. The van der Waals surface area contributed by atoms with E-state index in [9.17, 15) is 18.0 Å². The van der Waals surface area contributed by atoms with E-state index in [0.717, 1.165) is 60.3 Å². The van der Waals surface area contributed by atoms with Gasteiger partial charge in [0.05, 0.1) is 5.75 Å². The number of carbonyl (C=O) groups excluding carboxylic acids is 1. The molecule has 2 heterocycles. The lowest BCUT2D eigenvalue weighted by Crippen LogP contribution is -2.36. The number of carbonyl (C=O) groups is 1. The third-order valence-corrected chi connectivity index (χ3v) is 8.80. The summed E-state index contributed by atoms with van der Waals surface area (Å²) in [7, 11) is -1.68. The lowest BCUT2D eigenvalue weighted by molar-refractivity contribution is -0.131. The highest BCUT2D eigenvalue weighted by Crippen LogP contribution is 2.56. The predicted molar refractivity (Wildman–Crippen MR) is 132 cm³/mol. The molecule has 1 aromatic carbocycles. The van der Waals surface area contributed by atoms with Gasteiger partial charge in [-0.3, -0.25) is 14.3 Å². The lowest BCUT2D eigenvalue weighted by Gasteiger charge is -2.35. The molecule has 0 radical (unpaired) electrons. The van der Waals surface area contributed by atoms with E-state index in [1.54, 1.807) is 24.6 Å². The van der Waals surface area contributed by atoms with E-state index in [-0.39, 0.29) is 22.8 Å². The van der Waals surface area contributed by atoms with Gasteiger partial charge in [0, 0.05) is 59.8 Å². The molecule has 1 saturated carbocycles. The molecule has 34 heavy (non-hydrogen) atoms. The van der Waals surface area contributed by atoms with Gasteiger partial charge in [-0.1, -0.05) is 12.2 Å². The largest absolute Gasteiger partial charge is 0.464 e. The maximum atomic E-state index is 12.7. The number of aromatic nitrogens is 1. The Morgan fingerprint density at radius 2 is 2.00 bits per heavy atom. The topological polar surface area (TPSA) is 97.7 Å². The number of benzene rings is 1. The van der Waals surface area contributed by atoms with E-state index in [2.05, 4.69) is 9.62 Å². The molecule has 2 aromatic rings. The Bertz CT molecular complexity index is 1340. The van der Waals surface area contributed by atoms with Gasteiger partial charge in [0.1, 0.15) is 6.10 Å². The Balaban J connectivity index is 1.55. The highest BCUT2D eigenvalue weighted by atomic mass is 32.2. The molecule has 2 fully saturated rings. The van der Waals surface area contributed by atoms with Crippen LogP contribution in [0.15, 0.2) is 35.3 Å². The summed E-state index contributed by atoms with van der Waals surface area (Å²) < 4.78 is 34.0. The van der Waals surface area contributed by atoms with Crippen molar-refractivity contribution in [3.05, 3.63) is 52.0 Å². The third kappa shape index (κ3) is 3.91. The van der Waals surface area contributed by atoms with Crippen molar-refractivity contribution in [1.82, 2.24) is 4.57 Å². The molecule has 0 amide bonds. The van der Waals surface area contributed by atoms with Crippen LogP contribution in [0.4, 0.5) is 11.4 Å². The molecule has 2 aliphatic carbocycles. The number of hydrogen-bond acceptors (Lipinski definition) is 6. The van der Waals surface area contributed by atoms with Crippen molar-refractivity contribution in [2.24, 2.45) is 12.5 Å². The summed E-state index contributed by atoms with van der Waals surface area (Å²) in [5, 5.41) is 0. The van der Waals surface area contributed by atoms with Gasteiger partial charge in [0.2, 0.25) is 10.0 Å². The number of aryl methyl sites for hydroxylation is 1. The number of sulfonamides is 1. The Morgan fingerprint density at radius 1 is 1.24 bits per heavy atom. The minimum absolute atomic E-state index is 0.0111. The standard InChI is InChI=1S/C25H29N3O5S/c1-3-34(31,32)26-17-7-8-22(28-11-9-25(10-12-28)14-23(25)33-16-29)20(13-17)21-15-27(2)24(30)19-6-4-5-18(19)21/h4-5,7-8,13,15-16,23,26H,3,6,9-12,14H2,1-2H3. The van der Waals surface area contributed by atoms with Crippen molar-refractivity contribution in [2.45, 2.75) is 38.7 Å². The number of nitrogens with one attached hydrogen (secondary N) is 1. The number of hydrogen-bond donors (Lipinski definition) is 1. The van der Waals surface area contributed by atoms with Crippen LogP contribution in [-0.4, -0.2) is 44.4 Å². The number of fused-ring (bicyclic) bond motifs is 1. The number of rotatable bonds is 7. The second kappa shape index (κ2) is 8.30. The van der Waals surface area contributed by atoms with Gasteiger partial charge < -0.3 is 14.2 Å². The molecule has 1 spiro atoms. The van der Waals surface area contributed by atoms with Crippen LogP contribution in [0.5, 0.6) is 0 Å². The van der Waals surface area contributed by atoms with Gasteiger partial charge in [-0.15, -0.1) is 0 Å². The SMILES string of the molecule is CCS(=O)(=O)Nc1ccc(N2CCC3(CC2)CC3OC=O)c(-c2cn(C)c(=O)c3c2C=CC3)c1. The fourth-order valence-electron chi connectivity index (χ4n) is 5.34. The average Bonchev–Trinajstić information content (AvgIpc) is 3.24. The summed E-state index contributed by atoms with van der Waals surface area (Å²) in [5.74, 6) is -0.0136. The molecule has 1 atom stereocenters. The molecule has 0 bridgehead atoms. The Hall–Kier alpha value is -3.07. The number of anilines is 2. The van der Waals surface area contributed by atoms with Crippen LogP contribution in [0.3, 0.4) is 0 Å². The van der Waals surface area contributed by atoms with Crippen LogP contribution in [0.1, 0.15) is 37.3 Å². The summed E-state index contributed by atoms with van der Waals surface area (Å²) >= 11 is 0. The van der Waals surface area contributed by atoms with Gasteiger partial charge in [0.15, 0.2) is 0 Å². The first-order chi connectivity index (χ1) is 16.3. The van der Waals surface area contributed by atoms with Crippen LogP contribution in [0, 0.1) is 5.41 Å². The minimum atomic E-state index is -3.43. The fourth-order valence-corrected chi connectivity index (χ4v) is 5.97. The van der Waals surface area contributed by atoms with E-state index in [4.69, 9.17) is 4.74 Å². The molecule has 1 aromatic heterocycles. The number of piperidine rings is 1. The van der Waals surface area contributed by atoms with Crippen molar-refractivity contribution in [2.75, 3.05) is 28.5 Å². The number of pyridine rings is 1. The molecule has 1 aliphatic heterocycles. The van der Waals surface area contributed by atoms with E-state index < -0.39 is 10.0 Å². The molecule has 8 nitrogen and oxygen atoms in total. The third-order valence-electron chi connectivity index (χ3n) is 7.50. The number of ether oxygens (including phenoxy) is 1. The molecule has 3 aliphatic rings. The average molecular weight is 484 g/mol. The molecular formula is C25H29N3O5S. The molecule has 180 valence electrons. The van der Waals surface area contributed by atoms with Gasteiger partial charge in [-0.2, -0.15) is 0 Å². The number of nitrogens with zero attached hydrogens (tertiary/aromatic N) is 2. The van der Waals surface area contributed by atoms with Crippen molar-refractivity contribution in [3.63, 3.8) is 0 Å². The van der Waals surface area contributed by atoms with Gasteiger partial charge in [-0.25, -0.2) is 8.42 Å². The maximum absolute atomic E-state index is 12.7. The first kappa shape index (κ1) is 22.7. The maximum Gasteiger partial charge on any atom is 0.293 e. The molecule has 1 N–H and O–H groups in total. The van der Waals surface area contributed by atoms with Gasteiger partial charge >= 0.3 is 0 Å². The van der Waals surface area contributed by atoms with E-state index in [1.807, 2.05) is 30.5 Å². The van der Waals surface area contributed by atoms with Crippen molar-refractivity contribution < 1.29 is 17.9 Å². The normalized spacial score (nSPS) is 20.3. The first-order valence-corrected chi connectivity index (χ1v) is 13.3. The van der Waals surface area contributed by atoms with Crippen LogP contribution in [0.2, 0.25) is 0 Å². The quantitative estimate of drug-likeness (QED) is 0.608. The zero-order valence-corrected chi connectivity index (χ0v) is 20.2. The second-order valence-electron chi connectivity index (χ2n) is 9.47. The van der Waals surface area contributed by atoms with E-state index >= 15 is 0 Å². The molecule has 5 rings (SSSR count). The Labute approximate surface area is 199 Å². The fraction of sp³-hybridized carbons (Fsp3) is 0.440. The second-order valence-corrected chi connectivity index (χ2v) is 11.5. The molecule has 1 unspecified atom stereocenters. The summed E-state index contributed by atoms with van der Waals surface area (Å²) in [6, 6.07) is 5.63. The van der Waals surface area contributed by atoms with Crippen molar-refractivity contribution >= 4 is 33.9 Å². The van der Waals surface area contributed by atoms with Crippen LogP contribution >= 0.6 is 0 Å². The van der Waals surface area contributed by atoms with Crippen LogP contribution < -0.4 is 15.2 Å². The summed E-state index contributed by atoms with van der Waals surface area (Å²) in [5.41, 5.74) is 5.04. The summed E-state index contributed by atoms with van der Waals surface area (Å²) in [4.78, 5) is 25.7. The van der Waals surface area contributed by atoms with Gasteiger partial charge in [-0.05, 0) is 56.4 Å². The van der Waals surface area contributed by atoms with E-state index in [1.165, 1.54) is 0 Å². The highest BCUT2D eigenvalue weighted by Gasteiger charge is 2.57. The van der Waals surface area contributed by atoms with Crippen molar-refractivity contribution in [3.8, 4) is 11.1 Å². The zero-order chi connectivity index (χ0) is 24.1. The lowest BCUT2D eigenvalue weighted by atomic mass is 9.91. The Kier molecular flexibility index (Phi) is 5.55. The molecule has 1 saturated heterocycles. The zero-order valence-electron chi connectivity index (χ0n) is 19.4. The van der Waals surface area contributed by atoms with Crippen LogP contribution in [-0.2, 0) is 33.0 Å². The Morgan fingerprint density at radius 3 is 2.71 bits per heavy atom. The number of allylic oxidation sites excluding steroid dienone is 1. The van der Waals surface area contributed by atoms with Gasteiger partial charge in [0.25, 0.3) is 12.0 Å². The first-order valence-electron chi connectivity index (χ1n) is 11.6. The molecular weight excluding hydrogens is 454 g/mol. The summed E-state index contributed by atoms with van der Waals surface area (Å²) in [6.45, 7) is 3.78. The summed E-state index contributed by atoms with van der Waals surface area (Å²) in [6.07, 6.45) is 9.21.